The second-order valence-corrected chi connectivity index (χ2v) is 6.94. The molecule has 8 nitrogen and oxygen atoms in total. The zero-order valence-corrected chi connectivity index (χ0v) is 17.4. The summed E-state index contributed by atoms with van der Waals surface area (Å²) in [5.74, 6) is 0.242. The first kappa shape index (κ1) is 21.4. The molecule has 0 fully saturated rings. The standard InChI is InChI=1S/C19H24N4O4S/c1-6-26-19(25)20-18-17(14(5)23-28-18)13(4)21-22-16(24)10-27-15-8-11(2)7-12(3)9-15/h7-9H,6,10H2,1-5H3,(H,20,25)(H,22,24)/b21-13+. The van der Waals surface area contributed by atoms with Crippen LogP contribution in [-0.4, -0.2) is 35.3 Å². The maximum absolute atomic E-state index is 12.0. The first-order valence-electron chi connectivity index (χ1n) is 8.74. The van der Waals surface area contributed by atoms with Gasteiger partial charge in [-0.1, -0.05) is 6.07 Å². The van der Waals surface area contributed by atoms with Gasteiger partial charge in [0.2, 0.25) is 0 Å². The number of hydrazone groups is 1. The van der Waals surface area contributed by atoms with Crippen LogP contribution in [0.15, 0.2) is 23.3 Å². The number of aryl methyl sites for hydroxylation is 3. The summed E-state index contributed by atoms with van der Waals surface area (Å²) in [4.78, 5) is 23.7. The number of hydrogen-bond acceptors (Lipinski definition) is 7. The van der Waals surface area contributed by atoms with E-state index in [2.05, 4.69) is 20.2 Å². The molecule has 0 atom stereocenters. The molecule has 1 aromatic heterocycles. The summed E-state index contributed by atoms with van der Waals surface area (Å²) in [6.45, 7) is 9.28. The molecule has 0 radical (unpaired) electrons. The van der Waals surface area contributed by atoms with Gasteiger partial charge in [-0.2, -0.15) is 9.47 Å². The summed E-state index contributed by atoms with van der Waals surface area (Å²) in [5, 5.41) is 7.25. The summed E-state index contributed by atoms with van der Waals surface area (Å²) in [6.07, 6.45) is -0.564. The predicted octanol–water partition coefficient (Wildman–Crippen LogP) is 3.56. The van der Waals surface area contributed by atoms with Gasteiger partial charge in [0, 0.05) is 0 Å². The van der Waals surface area contributed by atoms with E-state index < -0.39 is 6.09 Å². The molecule has 0 saturated carbocycles. The van der Waals surface area contributed by atoms with Crippen molar-refractivity contribution in [1.29, 1.82) is 0 Å². The minimum absolute atomic E-state index is 0.158. The summed E-state index contributed by atoms with van der Waals surface area (Å²) in [7, 11) is 0. The van der Waals surface area contributed by atoms with Crippen molar-refractivity contribution >= 4 is 34.2 Å². The van der Waals surface area contributed by atoms with Gasteiger partial charge in [-0.3, -0.25) is 10.1 Å². The van der Waals surface area contributed by atoms with Crippen LogP contribution in [0.25, 0.3) is 0 Å². The third kappa shape index (κ3) is 6.05. The number of nitrogens with zero attached hydrogens (tertiary/aromatic N) is 2. The number of anilines is 1. The number of carbonyl (C=O) groups excluding carboxylic acids is 2. The Hall–Kier alpha value is -2.94. The molecule has 0 aliphatic carbocycles. The third-order valence-corrected chi connectivity index (χ3v) is 4.48. The molecule has 0 saturated heterocycles. The van der Waals surface area contributed by atoms with Crippen molar-refractivity contribution in [3.05, 3.63) is 40.6 Å². The summed E-state index contributed by atoms with van der Waals surface area (Å²) in [6, 6.07) is 5.75. The lowest BCUT2D eigenvalue weighted by atomic mass is 10.1. The zero-order valence-electron chi connectivity index (χ0n) is 16.6. The summed E-state index contributed by atoms with van der Waals surface area (Å²) < 4.78 is 14.6. The van der Waals surface area contributed by atoms with E-state index >= 15 is 0 Å². The first-order chi connectivity index (χ1) is 13.3. The van der Waals surface area contributed by atoms with E-state index in [1.807, 2.05) is 32.0 Å². The summed E-state index contributed by atoms with van der Waals surface area (Å²) >= 11 is 1.12. The van der Waals surface area contributed by atoms with Crippen LogP contribution in [0.1, 0.15) is 36.2 Å². The lowest BCUT2D eigenvalue weighted by molar-refractivity contribution is -0.123. The minimum atomic E-state index is -0.564. The first-order valence-corrected chi connectivity index (χ1v) is 9.52. The van der Waals surface area contributed by atoms with Gasteiger partial charge in [0.05, 0.1) is 23.6 Å². The quantitative estimate of drug-likeness (QED) is 0.543. The highest BCUT2D eigenvalue weighted by molar-refractivity contribution is 7.11. The van der Waals surface area contributed by atoms with Crippen LogP contribution in [0.4, 0.5) is 9.80 Å². The maximum atomic E-state index is 12.0. The highest BCUT2D eigenvalue weighted by Gasteiger charge is 2.16. The Bertz CT molecular complexity index is 872. The van der Waals surface area contributed by atoms with Gasteiger partial charge in [-0.05, 0) is 69.4 Å². The van der Waals surface area contributed by atoms with Gasteiger partial charge < -0.3 is 9.47 Å². The number of aromatic nitrogens is 1. The monoisotopic (exact) mass is 404 g/mol. The van der Waals surface area contributed by atoms with E-state index in [1.165, 1.54) is 0 Å². The van der Waals surface area contributed by atoms with Crippen molar-refractivity contribution in [2.75, 3.05) is 18.5 Å². The van der Waals surface area contributed by atoms with Crippen molar-refractivity contribution < 1.29 is 19.1 Å². The largest absolute Gasteiger partial charge is 0.484 e. The van der Waals surface area contributed by atoms with Crippen LogP contribution in [0, 0.1) is 20.8 Å². The van der Waals surface area contributed by atoms with Gasteiger partial charge in [-0.25, -0.2) is 10.2 Å². The predicted molar refractivity (Wildman–Crippen MR) is 109 cm³/mol. The SMILES string of the molecule is CCOC(=O)Nc1snc(C)c1/C(C)=N/NC(=O)COc1cc(C)cc(C)c1. The van der Waals surface area contributed by atoms with Gasteiger partial charge in [0.1, 0.15) is 10.8 Å². The normalized spacial score (nSPS) is 11.1. The molecule has 1 aromatic carbocycles. The molecule has 28 heavy (non-hydrogen) atoms. The van der Waals surface area contributed by atoms with Gasteiger partial charge in [-0.15, -0.1) is 0 Å². The van der Waals surface area contributed by atoms with E-state index in [0.29, 0.717) is 27.7 Å². The number of rotatable bonds is 7. The van der Waals surface area contributed by atoms with E-state index in [1.54, 1.807) is 20.8 Å². The Balaban J connectivity index is 1.99. The maximum Gasteiger partial charge on any atom is 0.412 e. The number of nitrogens with one attached hydrogen (secondary N) is 2. The Morgan fingerprint density at radius 2 is 1.86 bits per heavy atom. The van der Waals surface area contributed by atoms with Crippen molar-refractivity contribution in [2.24, 2.45) is 5.10 Å². The molecule has 0 spiro atoms. The highest BCUT2D eigenvalue weighted by Crippen LogP contribution is 2.25. The van der Waals surface area contributed by atoms with Crippen molar-refractivity contribution in [3.8, 4) is 5.75 Å². The second-order valence-electron chi connectivity index (χ2n) is 6.16. The number of benzene rings is 1. The van der Waals surface area contributed by atoms with E-state index in [9.17, 15) is 9.59 Å². The van der Waals surface area contributed by atoms with Gasteiger partial charge >= 0.3 is 6.09 Å². The third-order valence-electron chi connectivity index (χ3n) is 3.63. The molecular formula is C19H24N4O4S. The molecular weight excluding hydrogens is 380 g/mol. The van der Waals surface area contributed by atoms with Crippen molar-refractivity contribution in [3.63, 3.8) is 0 Å². The molecule has 0 bridgehead atoms. The molecule has 9 heteroatoms. The lowest BCUT2D eigenvalue weighted by Crippen LogP contribution is -2.26. The lowest BCUT2D eigenvalue weighted by Gasteiger charge is -2.08. The number of hydrogen-bond donors (Lipinski definition) is 2. The Morgan fingerprint density at radius 3 is 2.50 bits per heavy atom. The van der Waals surface area contributed by atoms with Crippen LogP contribution in [0.3, 0.4) is 0 Å². The second kappa shape index (κ2) is 9.84. The van der Waals surface area contributed by atoms with Crippen molar-refractivity contribution in [1.82, 2.24) is 9.80 Å². The molecule has 0 aliphatic heterocycles. The number of carbonyl (C=O) groups is 2. The molecule has 2 aromatic rings. The fraction of sp³-hybridized carbons (Fsp3) is 0.368. The molecule has 0 aliphatic rings. The summed E-state index contributed by atoms with van der Waals surface area (Å²) in [5.41, 5.74) is 6.43. The van der Waals surface area contributed by atoms with Gasteiger partial charge in [0.15, 0.2) is 6.61 Å². The van der Waals surface area contributed by atoms with Crippen molar-refractivity contribution in [2.45, 2.75) is 34.6 Å². The molecule has 2 N–H and O–H groups in total. The number of amides is 2. The van der Waals surface area contributed by atoms with Crippen LogP contribution < -0.4 is 15.5 Å². The fourth-order valence-corrected chi connectivity index (χ4v) is 3.38. The van der Waals surface area contributed by atoms with Gasteiger partial charge in [0.25, 0.3) is 5.91 Å². The number of ether oxygens (including phenoxy) is 2. The van der Waals surface area contributed by atoms with Crippen LogP contribution >= 0.6 is 11.5 Å². The Morgan fingerprint density at radius 1 is 1.18 bits per heavy atom. The average Bonchev–Trinajstić information content (AvgIpc) is 2.97. The zero-order chi connectivity index (χ0) is 20.7. The molecule has 1 heterocycles. The molecule has 150 valence electrons. The fourth-order valence-electron chi connectivity index (χ4n) is 2.54. The smallest absolute Gasteiger partial charge is 0.412 e. The minimum Gasteiger partial charge on any atom is -0.484 e. The topological polar surface area (TPSA) is 102 Å². The van der Waals surface area contributed by atoms with Crippen LogP contribution in [-0.2, 0) is 9.53 Å². The highest BCUT2D eigenvalue weighted by atomic mass is 32.1. The Kier molecular flexibility index (Phi) is 7.51. The van der Waals surface area contributed by atoms with E-state index in [0.717, 1.165) is 22.7 Å². The molecule has 0 unspecified atom stereocenters. The molecule has 2 rings (SSSR count). The Labute approximate surface area is 168 Å². The van der Waals surface area contributed by atoms with Crippen LogP contribution in [0.2, 0.25) is 0 Å². The van der Waals surface area contributed by atoms with Crippen LogP contribution in [0.5, 0.6) is 5.75 Å². The van der Waals surface area contributed by atoms with E-state index in [-0.39, 0.29) is 19.1 Å². The average molecular weight is 404 g/mol. The molecule has 2 amide bonds. The van der Waals surface area contributed by atoms with E-state index in [4.69, 9.17) is 9.47 Å².